The van der Waals surface area contributed by atoms with E-state index in [0.717, 1.165) is 29.2 Å². The Morgan fingerprint density at radius 2 is 2.00 bits per heavy atom. The van der Waals surface area contributed by atoms with Crippen LogP contribution in [-0.4, -0.2) is 41.0 Å². The number of hydrogen-bond acceptors (Lipinski definition) is 4. The van der Waals surface area contributed by atoms with E-state index < -0.39 is 5.91 Å². The normalized spacial score (nSPS) is 16.3. The minimum atomic E-state index is -0.599. The Bertz CT molecular complexity index is 1060. The van der Waals surface area contributed by atoms with Gasteiger partial charge < -0.3 is 20.7 Å². The molecule has 3 N–H and O–H groups in total. The molecule has 0 spiro atoms. The number of piperidine rings is 1. The fraction of sp³-hybridized carbons (Fsp3) is 0.261. The molecule has 1 aliphatic heterocycles. The third-order valence-corrected chi connectivity index (χ3v) is 5.26. The first kappa shape index (κ1) is 19.7. The summed E-state index contributed by atoms with van der Waals surface area (Å²) in [6, 6.07) is 17.4. The molecule has 1 aliphatic rings. The molecule has 3 amide bonds. The average Bonchev–Trinajstić information content (AvgIpc) is 2.77. The van der Waals surface area contributed by atoms with Crippen molar-refractivity contribution in [1.29, 1.82) is 0 Å². The number of primary amides is 1. The van der Waals surface area contributed by atoms with Crippen LogP contribution in [0, 0.1) is 0 Å². The van der Waals surface area contributed by atoms with Crippen LogP contribution in [0.25, 0.3) is 10.8 Å². The summed E-state index contributed by atoms with van der Waals surface area (Å²) >= 11 is 0. The molecule has 7 heteroatoms. The van der Waals surface area contributed by atoms with E-state index in [1.54, 1.807) is 11.0 Å². The van der Waals surface area contributed by atoms with Gasteiger partial charge in [0.1, 0.15) is 17.5 Å². The first-order chi connectivity index (χ1) is 14.6. The maximum Gasteiger partial charge on any atom is 0.317 e. The number of hydrogen-bond donors (Lipinski definition) is 2. The zero-order chi connectivity index (χ0) is 20.9. The Kier molecular flexibility index (Phi) is 5.79. The largest absolute Gasteiger partial charge is 0.488 e. The second kappa shape index (κ2) is 8.82. The minimum absolute atomic E-state index is 0.108. The molecule has 7 nitrogen and oxygen atoms in total. The van der Waals surface area contributed by atoms with Crippen molar-refractivity contribution in [3.05, 3.63) is 72.1 Å². The number of nitrogens with one attached hydrogen (secondary N) is 1. The average molecular weight is 404 g/mol. The highest BCUT2D eigenvalue weighted by molar-refractivity contribution is 5.91. The fourth-order valence-corrected chi connectivity index (χ4v) is 3.76. The number of fused-ring (bicyclic) bond motifs is 1. The SMILES string of the molecule is NC(=O)c1cc(OC2CCCN(C(=O)NCc3cccc4ccccc34)C2)ccn1. The molecule has 1 atom stereocenters. The molecular weight excluding hydrogens is 380 g/mol. The number of benzene rings is 2. The van der Waals surface area contributed by atoms with Gasteiger partial charge in [0.15, 0.2) is 0 Å². The first-order valence-corrected chi connectivity index (χ1v) is 10.0. The highest BCUT2D eigenvalue weighted by Crippen LogP contribution is 2.20. The van der Waals surface area contributed by atoms with Gasteiger partial charge in [-0.1, -0.05) is 42.5 Å². The molecule has 1 saturated heterocycles. The van der Waals surface area contributed by atoms with Crippen molar-refractivity contribution < 1.29 is 14.3 Å². The Balaban J connectivity index is 1.36. The number of pyridine rings is 1. The summed E-state index contributed by atoms with van der Waals surface area (Å²) in [5.41, 5.74) is 6.52. The van der Waals surface area contributed by atoms with E-state index in [0.29, 0.717) is 25.4 Å². The summed E-state index contributed by atoms with van der Waals surface area (Å²) < 4.78 is 5.98. The maximum absolute atomic E-state index is 12.7. The quantitative estimate of drug-likeness (QED) is 0.683. The number of aromatic nitrogens is 1. The van der Waals surface area contributed by atoms with Gasteiger partial charge in [0.05, 0.1) is 6.54 Å². The predicted molar refractivity (Wildman–Crippen MR) is 114 cm³/mol. The molecule has 1 fully saturated rings. The van der Waals surface area contributed by atoms with Crippen molar-refractivity contribution in [2.24, 2.45) is 5.73 Å². The summed E-state index contributed by atoms with van der Waals surface area (Å²) in [7, 11) is 0. The number of urea groups is 1. The molecule has 0 radical (unpaired) electrons. The lowest BCUT2D eigenvalue weighted by Gasteiger charge is -2.33. The number of nitrogens with zero attached hydrogens (tertiary/aromatic N) is 2. The van der Waals surface area contributed by atoms with Crippen LogP contribution in [0.1, 0.15) is 28.9 Å². The smallest absolute Gasteiger partial charge is 0.317 e. The molecule has 0 saturated carbocycles. The molecule has 4 rings (SSSR count). The lowest BCUT2D eigenvalue weighted by Crippen LogP contribution is -2.48. The molecule has 1 unspecified atom stereocenters. The number of rotatable bonds is 5. The highest BCUT2D eigenvalue weighted by atomic mass is 16.5. The van der Waals surface area contributed by atoms with Crippen LogP contribution in [0.15, 0.2) is 60.8 Å². The summed E-state index contributed by atoms with van der Waals surface area (Å²) in [4.78, 5) is 29.7. The van der Waals surface area contributed by atoms with Gasteiger partial charge >= 0.3 is 6.03 Å². The number of carbonyl (C=O) groups is 2. The van der Waals surface area contributed by atoms with Gasteiger partial charge in [-0.05, 0) is 35.2 Å². The van der Waals surface area contributed by atoms with E-state index >= 15 is 0 Å². The monoisotopic (exact) mass is 404 g/mol. The van der Waals surface area contributed by atoms with Crippen molar-refractivity contribution in [2.75, 3.05) is 13.1 Å². The maximum atomic E-state index is 12.7. The van der Waals surface area contributed by atoms with Crippen LogP contribution < -0.4 is 15.8 Å². The molecule has 30 heavy (non-hydrogen) atoms. The van der Waals surface area contributed by atoms with Crippen molar-refractivity contribution in [1.82, 2.24) is 15.2 Å². The first-order valence-electron chi connectivity index (χ1n) is 10.0. The molecule has 154 valence electrons. The molecule has 2 heterocycles. The van der Waals surface area contributed by atoms with E-state index in [9.17, 15) is 9.59 Å². The van der Waals surface area contributed by atoms with Gasteiger partial charge in [0.25, 0.3) is 5.91 Å². The molecule has 2 aromatic carbocycles. The molecule has 3 aromatic rings. The van der Waals surface area contributed by atoms with Crippen LogP contribution in [-0.2, 0) is 6.54 Å². The van der Waals surface area contributed by atoms with Crippen LogP contribution in [0.5, 0.6) is 5.75 Å². The van der Waals surface area contributed by atoms with Gasteiger partial charge in [0, 0.05) is 25.4 Å². The Labute approximate surface area is 174 Å². The summed E-state index contributed by atoms with van der Waals surface area (Å²) in [6.07, 6.45) is 3.03. The van der Waals surface area contributed by atoms with E-state index in [4.69, 9.17) is 10.5 Å². The highest BCUT2D eigenvalue weighted by Gasteiger charge is 2.25. The number of amides is 3. The number of ether oxygens (including phenoxy) is 1. The van der Waals surface area contributed by atoms with Gasteiger partial charge in [-0.3, -0.25) is 9.78 Å². The molecule has 1 aromatic heterocycles. The number of nitrogens with two attached hydrogens (primary N) is 1. The second-order valence-electron chi connectivity index (χ2n) is 7.37. The van der Waals surface area contributed by atoms with Crippen LogP contribution >= 0.6 is 0 Å². The van der Waals surface area contributed by atoms with Gasteiger partial charge in [0.2, 0.25) is 0 Å². The van der Waals surface area contributed by atoms with Crippen LogP contribution in [0.2, 0.25) is 0 Å². The Morgan fingerprint density at radius 3 is 2.87 bits per heavy atom. The van der Waals surface area contributed by atoms with Crippen LogP contribution in [0.4, 0.5) is 4.79 Å². The van der Waals surface area contributed by atoms with Crippen molar-refractivity contribution >= 4 is 22.7 Å². The van der Waals surface area contributed by atoms with Gasteiger partial charge in [-0.25, -0.2) is 4.79 Å². The van der Waals surface area contributed by atoms with Gasteiger partial charge in [-0.2, -0.15) is 0 Å². The third kappa shape index (κ3) is 4.51. The molecular formula is C23H24N4O3. The second-order valence-corrected chi connectivity index (χ2v) is 7.37. The zero-order valence-electron chi connectivity index (χ0n) is 16.6. The predicted octanol–water partition coefficient (Wildman–Crippen LogP) is 3.09. The summed E-state index contributed by atoms with van der Waals surface area (Å²) in [5, 5.41) is 5.33. The van der Waals surface area contributed by atoms with Gasteiger partial charge in [-0.15, -0.1) is 0 Å². The van der Waals surface area contributed by atoms with Crippen molar-refractivity contribution in [3.63, 3.8) is 0 Å². The molecule has 0 bridgehead atoms. The lowest BCUT2D eigenvalue weighted by atomic mass is 10.0. The lowest BCUT2D eigenvalue weighted by molar-refractivity contribution is 0.0981. The topological polar surface area (TPSA) is 97.6 Å². The Morgan fingerprint density at radius 1 is 1.17 bits per heavy atom. The minimum Gasteiger partial charge on any atom is -0.488 e. The van der Waals surface area contributed by atoms with E-state index in [2.05, 4.69) is 28.5 Å². The van der Waals surface area contributed by atoms with Crippen molar-refractivity contribution in [2.45, 2.75) is 25.5 Å². The third-order valence-electron chi connectivity index (χ3n) is 5.26. The number of likely N-dealkylation sites (tertiary alicyclic amines) is 1. The Hall–Kier alpha value is -3.61. The molecule has 0 aliphatic carbocycles. The fourth-order valence-electron chi connectivity index (χ4n) is 3.76. The van der Waals surface area contributed by atoms with Crippen LogP contribution in [0.3, 0.4) is 0 Å². The van der Waals surface area contributed by atoms with E-state index in [1.807, 2.05) is 24.3 Å². The summed E-state index contributed by atoms with van der Waals surface area (Å²) in [6.45, 7) is 1.63. The van der Waals surface area contributed by atoms with Crippen molar-refractivity contribution in [3.8, 4) is 5.75 Å². The van der Waals surface area contributed by atoms with E-state index in [-0.39, 0.29) is 17.8 Å². The number of carbonyl (C=O) groups excluding carboxylic acids is 2. The zero-order valence-corrected chi connectivity index (χ0v) is 16.6. The standard InChI is InChI=1S/C23H24N4O3/c24-22(28)21-13-18(10-11-25-21)30-19-8-4-12-27(15-19)23(29)26-14-17-7-3-6-16-5-1-2-9-20(16)17/h1-3,5-7,9-11,13,19H,4,8,12,14-15H2,(H2,24,28)(H,26,29). The van der Waals surface area contributed by atoms with E-state index in [1.165, 1.54) is 12.3 Å². The summed E-state index contributed by atoms with van der Waals surface area (Å²) in [5.74, 6) is -0.0691.